The highest BCUT2D eigenvalue weighted by atomic mass is 19.1. The number of carbonyl (C=O) groups excluding carboxylic acids is 1. The van der Waals surface area contributed by atoms with Gasteiger partial charge in [0.05, 0.1) is 0 Å². The fourth-order valence-corrected chi connectivity index (χ4v) is 3.56. The summed E-state index contributed by atoms with van der Waals surface area (Å²) in [5.74, 6) is -0.885. The first-order valence-corrected chi connectivity index (χ1v) is 8.86. The lowest BCUT2D eigenvalue weighted by molar-refractivity contribution is 0.0790. The maximum Gasteiger partial charge on any atom is 0.253 e. The van der Waals surface area contributed by atoms with Crippen molar-refractivity contribution in [1.29, 1.82) is 0 Å². The van der Waals surface area contributed by atoms with E-state index in [0.717, 1.165) is 12.0 Å². The minimum Gasteiger partial charge on any atom is -0.338 e. The van der Waals surface area contributed by atoms with Crippen molar-refractivity contribution in [1.82, 2.24) is 9.88 Å². The minimum absolute atomic E-state index is 0.210. The van der Waals surface area contributed by atoms with Crippen LogP contribution in [0, 0.1) is 11.6 Å². The van der Waals surface area contributed by atoms with Gasteiger partial charge in [0.25, 0.3) is 5.91 Å². The van der Waals surface area contributed by atoms with E-state index in [-0.39, 0.29) is 17.4 Å². The van der Waals surface area contributed by atoms with E-state index in [0.29, 0.717) is 24.2 Å². The number of likely N-dealkylation sites (tertiary alicyclic amines) is 1. The number of benzene rings is 2. The molecule has 2 heterocycles. The van der Waals surface area contributed by atoms with E-state index >= 15 is 0 Å². The van der Waals surface area contributed by atoms with Crippen LogP contribution in [0.1, 0.15) is 28.3 Å². The predicted molar refractivity (Wildman–Crippen MR) is 99.3 cm³/mol. The van der Waals surface area contributed by atoms with E-state index in [2.05, 4.69) is 4.98 Å². The molecule has 136 valence electrons. The van der Waals surface area contributed by atoms with Crippen molar-refractivity contribution in [3.8, 4) is 11.1 Å². The van der Waals surface area contributed by atoms with Crippen molar-refractivity contribution in [2.75, 3.05) is 13.1 Å². The summed E-state index contributed by atoms with van der Waals surface area (Å²) < 4.78 is 27.6. The zero-order chi connectivity index (χ0) is 18.8. The van der Waals surface area contributed by atoms with Gasteiger partial charge >= 0.3 is 0 Å². The van der Waals surface area contributed by atoms with Crippen LogP contribution < -0.4 is 0 Å². The van der Waals surface area contributed by atoms with Gasteiger partial charge in [0, 0.05) is 37.0 Å². The molecule has 0 spiro atoms. The molecular weight excluding hydrogens is 346 g/mol. The molecule has 4 rings (SSSR count). The van der Waals surface area contributed by atoms with E-state index in [9.17, 15) is 13.6 Å². The molecule has 27 heavy (non-hydrogen) atoms. The van der Waals surface area contributed by atoms with Gasteiger partial charge in [-0.3, -0.25) is 9.78 Å². The summed E-state index contributed by atoms with van der Waals surface area (Å²) in [5.41, 5.74) is 2.41. The van der Waals surface area contributed by atoms with E-state index in [1.54, 1.807) is 29.3 Å². The normalized spacial score (nSPS) is 16.5. The minimum atomic E-state index is -0.511. The number of aromatic nitrogens is 1. The van der Waals surface area contributed by atoms with Gasteiger partial charge in [-0.15, -0.1) is 0 Å². The van der Waals surface area contributed by atoms with Crippen molar-refractivity contribution >= 4 is 5.91 Å². The van der Waals surface area contributed by atoms with Gasteiger partial charge in [-0.25, -0.2) is 8.78 Å². The number of nitrogens with zero attached hydrogens (tertiary/aromatic N) is 2. The summed E-state index contributed by atoms with van der Waals surface area (Å²) in [4.78, 5) is 18.8. The maximum atomic E-state index is 14.1. The summed E-state index contributed by atoms with van der Waals surface area (Å²) in [6, 6.07) is 14.0. The quantitative estimate of drug-likeness (QED) is 0.677. The molecule has 1 unspecified atom stereocenters. The summed E-state index contributed by atoms with van der Waals surface area (Å²) in [6.07, 6.45) is 4.40. The number of carbonyl (C=O) groups is 1. The van der Waals surface area contributed by atoms with Gasteiger partial charge in [0.1, 0.15) is 11.6 Å². The van der Waals surface area contributed by atoms with Crippen LogP contribution in [-0.2, 0) is 0 Å². The van der Waals surface area contributed by atoms with E-state index in [1.165, 1.54) is 24.3 Å². The van der Waals surface area contributed by atoms with Crippen molar-refractivity contribution in [3.63, 3.8) is 0 Å². The first kappa shape index (κ1) is 17.3. The molecule has 1 aliphatic heterocycles. The third kappa shape index (κ3) is 3.72. The smallest absolute Gasteiger partial charge is 0.253 e. The molecule has 0 radical (unpaired) electrons. The van der Waals surface area contributed by atoms with Crippen LogP contribution in [0.15, 0.2) is 67.0 Å². The summed E-state index contributed by atoms with van der Waals surface area (Å²) in [6.45, 7) is 1.19. The molecule has 5 heteroatoms. The molecule has 1 aromatic heterocycles. The summed E-state index contributed by atoms with van der Waals surface area (Å²) in [5, 5.41) is 0. The fourth-order valence-electron chi connectivity index (χ4n) is 3.56. The Kier molecular flexibility index (Phi) is 4.67. The molecule has 0 bridgehead atoms. The SMILES string of the molecule is O=C(c1cc(F)cc(-c2cccc(F)c2)c1)N1CCC(c2cccnc2)C1. The molecule has 1 atom stereocenters. The van der Waals surface area contributed by atoms with Gasteiger partial charge in [-0.1, -0.05) is 18.2 Å². The second-order valence-electron chi connectivity index (χ2n) is 6.76. The van der Waals surface area contributed by atoms with E-state index in [4.69, 9.17) is 0 Å². The van der Waals surface area contributed by atoms with Crippen LogP contribution in [0.2, 0.25) is 0 Å². The molecule has 2 aromatic carbocycles. The van der Waals surface area contributed by atoms with Crippen LogP contribution in [-0.4, -0.2) is 28.9 Å². The average molecular weight is 364 g/mol. The van der Waals surface area contributed by atoms with Crippen LogP contribution in [0.25, 0.3) is 11.1 Å². The largest absolute Gasteiger partial charge is 0.338 e. The highest BCUT2D eigenvalue weighted by Gasteiger charge is 2.28. The molecule has 0 N–H and O–H groups in total. The predicted octanol–water partition coefficient (Wildman–Crippen LogP) is 4.66. The Morgan fingerprint density at radius 1 is 1.00 bits per heavy atom. The lowest BCUT2D eigenvalue weighted by atomic mass is 10.0. The Balaban J connectivity index is 1.57. The fraction of sp³-hybridized carbons (Fsp3) is 0.182. The number of hydrogen-bond donors (Lipinski definition) is 0. The molecule has 3 aromatic rings. The number of amides is 1. The molecule has 1 aliphatic rings. The highest BCUT2D eigenvalue weighted by Crippen LogP contribution is 2.29. The van der Waals surface area contributed by atoms with Crippen LogP contribution >= 0.6 is 0 Å². The van der Waals surface area contributed by atoms with Gasteiger partial charge in [-0.2, -0.15) is 0 Å². The summed E-state index contributed by atoms with van der Waals surface area (Å²) in [7, 11) is 0. The third-order valence-electron chi connectivity index (χ3n) is 4.93. The second-order valence-corrected chi connectivity index (χ2v) is 6.76. The topological polar surface area (TPSA) is 33.2 Å². The van der Waals surface area contributed by atoms with Gasteiger partial charge in [0.15, 0.2) is 0 Å². The third-order valence-corrected chi connectivity index (χ3v) is 4.93. The van der Waals surface area contributed by atoms with Gasteiger partial charge in [0.2, 0.25) is 0 Å². The molecule has 0 saturated carbocycles. The first-order chi connectivity index (χ1) is 13.1. The monoisotopic (exact) mass is 364 g/mol. The van der Waals surface area contributed by atoms with Gasteiger partial charge < -0.3 is 4.90 Å². The molecule has 0 aliphatic carbocycles. The lowest BCUT2D eigenvalue weighted by Gasteiger charge is -2.17. The summed E-state index contributed by atoms with van der Waals surface area (Å²) >= 11 is 0. The van der Waals surface area contributed by atoms with E-state index in [1.807, 2.05) is 18.3 Å². The van der Waals surface area contributed by atoms with Crippen molar-refractivity contribution in [2.24, 2.45) is 0 Å². The Labute approximate surface area is 156 Å². The van der Waals surface area contributed by atoms with Crippen molar-refractivity contribution in [2.45, 2.75) is 12.3 Å². The molecule has 1 fully saturated rings. The Morgan fingerprint density at radius 2 is 1.85 bits per heavy atom. The Hall–Kier alpha value is -3.08. The van der Waals surface area contributed by atoms with Crippen molar-refractivity contribution < 1.29 is 13.6 Å². The molecular formula is C22H18F2N2O. The van der Waals surface area contributed by atoms with E-state index < -0.39 is 11.6 Å². The molecule has 1 saturated heterocycles. The van der Waals surface area contributed by atoms with Crippen LogP contribution in [0.5, 0.6) is 0 Å². The lowest BCUT2D eigenvalue weighted by Crippen LogP contribution is -2.28. The van der Waals surface area contributed by atoms with Crippen molar-refractivity contribution in [3.05, 3.63) is 89.8 Å². The number of rotatable bonds is 3. The highest BCUT2D eigenvalue weighted by molar-refractivity contribution is 5.95. The Bertz CT molecular complexity index is 975. The maximum absolute atomic E-state index is 14.1. The number of pyridine rings is 1. The zero-order valence-corrected chi connectivity index (χ0v) is 14.6. The van der Waals surface area contributed by atoms with Crippen LogP contribution in [0.3, 0.4) is 0 Å². The standard InChI is InChI=1S/C22H18F2N2O/c23-20-5-1-3-15(10-20)18-9-19(12-21(24)11-18)22(27)26-8-6-17(14-26)16-4-2-7-25-13-16/h1-5,7,9-13,17H,6,8,14H2. The first-order valence-electron chi connectivity index (χ1n) is 8.86. The second kappa shape index (κ2) is 7.27. The molecule has 1 amide bonds. The number of hydrogen-bond acceptors (Lipinski definition) is 2. The zero-order valence-electron chi connectivity index (χ0n) is 14.6. The Morgan fingerprint density at radius 3 is 2.63 bits per heavy atom. The average Bonchev–Trinajstić information content (AvgIpc) is 3.18. The molecule has 3 nitrogen and oxygen atoms in total. The van der Waals surface area contributed by atoms with Crippen LogP contribution in [0.4, 0.5) is 8.78 Å². The number of halogens is 2. The van der Waals surface area contributed by atoms with Gasteiger partial charge in [-0.05, 0) is 59.5 Å².